The van der Waals surface area contributed by atoms with Crippen LogP contribution in [0.5, 0.6) is 0 Å². The second kappa shape index (κ2) is 12.0. The van der Waals surface area contributed by atoms with Crippen molar-refractivity contribution in [1.29, 1.82) is 0 Å². The fourth-order valence-electron chi connectivity index (χ4n) is 3.76. The largest absolute Gasteiger partial charge is 0.409 e. The molecule has 0 amide bonds. The van der Waals surface area contributed by atoms with Gasteiger partial charge in [-0.2, -0.15) is 0 Å². The molecule has 0 saturated carbocycles. The molecular weight excluding hydrogens is 384 g/mol. The second-order valence-corrected chi connectivity index (χ2v) is 17.1. The maximum Gasteiger partial charge on any atom is 0.193 e. The highest BCUT2D eigenvalue weighted by Gasteiger charge is 2.39. The lowest BCUT2D eigenvalue weighted by atomic mass is 10.0. The number of aliphatic hydroxyl groups is 1. The van der Waals surface area contributed by atoms with Crippen LogP contribution in [-0.2, 0) is 13.6 Å². The number of rotatable bonds is 14. The Bertz CT molecular complexity index is 555. The van der Waals surface area contributed by atoms with Gasteiger partial charge >= 0.3 is 0 Å². The zero-order valence-electron chi connectivity index (χ0n) is 18.7. The molecular formula is C22H40O4Si2. The number of hydrogen-bond acceptors (Lipinski definition) is 4. The topological polar surface area (TPSA) is 55.8 Å². The highest BCUT2D eigenvalue weighted by molar-refractivity contribution is 6.74. The minimum absolute atomic E-state index is 0.0396. The summed E-state index contributed by atoms with van der Waals surface area (Å²) in [6.07, 6.45) is -1.82. The third-order valence-electron chi connectivity index (χ3n) is 6.51. The monoisotopic (exact) mass is 424 g/mol. The van der Waals surface area contributed by atoms with Gasteiger partial charge in [0.25, 0.3) is 0 Å². The van der Waals surface area contributed by atoms with Gasteiger partial charge in [0.05, 0.1) is 6.61 Å². The Morgan fingerprint density at radius 1 is 0.857 bits per heavy atom. The first kappa shape index (κ1) is 25.2. The summed E-state index contributed by atoms with van der Waals surface area (Å²) in [5.41, 5.74) is 0.719. The fraction of sp³-hybridized carbons (Fsp3) is 0.682. The zero-order chi connectivity index (χ0) is 21.2. The van der Waals surface area contributed by atoms with E-state index >= 15 is 0 Å². The van der Waals surface area contributed by atoms with E-state index in [0.29, 0.717) is 0 Å². The number of ketones is 1. The van der Waals surface area contributed by atoms with Gasteiger partial charge in [0.15, 0.2) is 22.4 Å². The molecule has 0 radical (unpaired) electrons. The van der Waals surface area contributed by atoms with Crippen LogP contribution in [0.4, 0.5) is 0 Å². The van der Waals surface area contributed by atoms with Crippen LogP contribution in [0.25, 0.3) is 0 Å². The summed E-state index contributed by atoms with van der Waals surface area (Å²) < 4.78 is 12.7. The highest BCUT2D eigenvalue weighted by atomic mass is 28.4. The lowest BCUT2D eigenvalue weighted by Gasteiger charge is -2.35. The van der Waals surface area contributed by atoms with E-state index in [1.165, 1.54) is 0 Å². The van der Waals surface area contributed by atoms with E-state index in [9.17, 15) is 9.90 Å². The summed E-state index contributed by atoms with van der Waals surface area (Å²) in [5, 5.41) is 11.0. The first-order valence-corrected chi connectivity index (χ1v) is 16.0. The van der Waals surface area contributed by atoms with Crippen LogP contribution in [-0.4, -0.2) is 40.2 Å². The van der Waals surface area contributed by atoms with E-state index in [0.717, 1.165) is 41.8 Å². The normalized spacial score (nSPS) is 14.7. The minimum atomic E-state index is -2.06. The van der Waals surface area contributed by atoms with Crippen molar-refractivity contribution in [2.24, 2.45) is 0 Å². The summed E-state index contributed by atoms with van der Waals surface area (Å²) >= 11 is 0. The van der Waals surface area contributed by atoms with Crippen molar-refractivity contribution >= 4 is 22.4 Å². The summed E-state index contributed by atoms with van der Waals surface area (Å²) in [6.45, 7) is 12.9. The molecule has 0 fully saturated rings. The van der Waals surface area contributed by atoms with Crippen molar-refractivity contribution < 1.29 is 18.8 Å². The first-order valence-electron chi connectivity index (χ1n) is 10.9. The molecule has 0 aliphatic carbocycles. The zero-order valence-corrected chi connectivity index (χ0v) is 20.7. The summed E-state index contributed by atoms with van der Waals surface area (Å²) in [4.78, 5) is 13.2. The molecule has 28 heavy (non-hydrogen) atoms. The molecule has 0 saturated heterocycles. The van der Waals surface area contributed by atoms with Gasteiger partial charge in [0, 0.05) is 0 Å². The van der Waals surface area contributed by atoms with Gasteiger partial charge in [-0.1, -0.05) is 71.9 Å². The van der Waals surface area contributed by atoms with Crippen molar-refractivity contribution in [3.8, 4) is 0 Å². The van der Waals surface area contributed by atoms with E-state index in [4.69, 9.17) is 8.85 Å². The van der Waals surface area contributed by atoms with Crippen molar-refractivity contribution in [3.63, 3.8) is 0 Å². The first-order chi connectivity index (χ1) is 13.4. The van der Waals surface area contributed by atoms with Crippen molar-refractivity contribution in [1.82, 2.24) is 0 Å². The predicted octanol–water partition coefficient (Wildman–Crippen LogP) is 5.70. The molecule has 6 heteroatoms. The number of carbonyl (C=O) groups is 1. The maximum absolute atomic E-state index is 13.2. The van der Waals surface area contributed by atoms with Crippen LogP contribution in [0.1, 0.15) is 53.2 Å². The second-order valence-electron chi connectivity index (χ2n) is 7.64. The molecule has 0 unspecified atom stereocenters. The predicted molar refractivity (Wildman–Crippen MR) is 122 cm³/mol. The van der Waals surface area contributed by atoms with Crippen LogP contribution in [0, 0.1) is 0 Å². The number of aliphatic hydroxyl groups excluding tert-OH is 1. The quantitative estimate of drug-likeness (QED) is 0.389. The molecule has 0 aromatic heterocycles. The van der Waals surface area contributed by atoms with E-state index in [1.54, 1.807) is 0 Å². The third-order valence-corrected chi connectivity index (χ3v) is 15.8. The molecule has 0 spiro atoms. The fourth-order valence-corrected chi connectivity index (χ4v) is 9.12. The lowest BCUT2D eigenvalue weighted by molar-refractivity contribution is -0.134. The molecule has 0 aliphatic heterocycles. The third kappa shape index (κ3) is 6.35. The Hall–Kier alpha value is -0.796. The maximum atomic E-state index is 13.2. The van der Waals surface area contributed by atoms with E-state index in [2.05, 4.69) is 41.5 Å². The smallest absolute Gasteiger partial charge is 0.193 e. The van der Waals surface area contributed by atoms with Crippen LogP contribution >= 0.6 is 0 Å². The molecule has 0 aliphatic rings. The summed E-state index contributed by atoms with van der Waals surface area (Å²) in [5.74, 6) is -0.129. The Kier molecular flexibility index (Phi) is 10.8. The Balaban J connectivity index is 3.10. The molecule has 160 valence electrons. The standard InChI is InChI=1S/C22H40O4Si2/c1-7-27(8-2,9-3)25-18-20(23)22(26-28(10-4,11-5)12-6)21(24)19-16-14-13-15-17-19/h13-17,21-22,24H,7-12,18H2,1-6H3/t21-,22-/m0/s1. The number of Topliss-reactive ketones (excluding diaryl/α,β-unsaturated/α-hetero) is 1. The highest BCUT2D eigenvalue weighted by Crippen LogP contribution is 2.30. The molecule has 4 nitrogen and oxygen atoms in total. The van der Waals surface area contributed by atoms with Crippen LogP contribution in [0.2, 0.25) is 36.3 Å². The number of hydrogen-bond donors (Lipinski definition) is 1. The van der Waals surface area contributed by atoms with Crippen molar-refractivity contribution in [2.45, 2.75) is 90.0 Å². The van der Waals surface area contributed by atoms with E-state index in [1.807, 2.05) is 30.3 Å². The molecule has 1 aromatic carbocycles. The molecule has 0 heterocycles. The molecule has 1 rings (SSSR count). The Morgan fingerprint density at radius 3 is 1.75 bits per heavy atom. The molecule has 1 aromatic rings. The lowest BCUT2D eigenvalue weighted by Crippen LogP contribution is -2.47. The van der Waals surface area contributed by atoms with Crippen LogP contribution < -0.4 is 0 Å². The molecule has 1 N–H and O–H groups in total. The SMILES string of the molecule is CC[Si](CC)(CC)OCC(=O)[C@H](O[Si](CC)(CC)CC)[C@@H](O)c1ccccc1. The van der Waals surface area contributed by atoms with Crippen molar-refractivity contribution in [2.75, 3.05) is 6.61 Å². The van der Waals surface area contributed by atoms with Gasteiger partial charge in [-0.3, -0.25) is 4.79 Å². The molecule has 2 atom stereocenters. The summed E-state index contributed by atoms with van der Waals surface area (Å²) in [7, 11) is -3.93. The number of carbonyl (C=O) groups excluding carboxylic acids is 1. The van der Waals surface area contributed by atoms with Gasteiger partial charge in [-0.15, -0.1) is 0 Å². The van der Waals surface area contributed by atoms with E-state index in [-0.39, 0.29) is 12.4 Å². The van der Waals surface area contributed by atoms with Gasteiger partial charge in [-0.25, -0.2) is 0 Å². The Labute approximate surface area is 173 Å². The minimum Gasteiger partial charge on any atom is -0.409 e. The number of benzene rings is 1. The van der Waals surface area contributed by atoms with Gasteiger partial charge in [-0.05, 0) is 41.8 Å². The van der Waals surface area contributed by atoms with Crippen LogP contribution in [0.15, 0.2) is 30.3 Å². The van der Waals surface area contributed by atoms with Gasteiger partial charge in [0.2, 0.25) is 0 Å². The van der Waals surface area contributed by atoms with E-state index < -0.39 is 28.8 Å². The average molecular weight is 425 g/mol. The summed E-state index contributed by atoms with van der Waals surface area (Å²) in [6, 6.07) is 15.2. The average Bonchev–Trinajstić information content (AvgIpc) is 2.76. The molecule has 0 bridgehead atoms. The van der Waals surface area contributed by atoms with Crippen molar-refractivity contribution in [3.05, 3.63) is 35.9 Å². The van der Waals surface area contributed by atoms with Crippen LogP contribution in [0.3, 0.4) is 0 Å². The van der Waals surface area contributed by atoms with Gasteiger partial charge in [0.1, 0.15) is 12.2 Å². The van der Waals surface area contributed by atoms with Gasteiger partial charge < -0.3 is 14.0 Å². The Morgan fingerprint density at radius 2 is 1.32 bits per heavy atom.